The highest BCUT2D eigenvalue weighted by atomic mass is 16.6. The Morgan fingerprint density at radius 2 is 1.69 bits per heavy atom. The highest BCUT2D eigenvalue weighted by Gasteiger charge is 2.20. The molecule has 2 aromatic carbocycles. The maximum Gasteiger partial charge on any atom is 0.419 e. The average Bonchev–Trinajstić information content (AvgIpc) is 2.98. The van der Waals surface area contributed by atoms with E-state index in [-0.39, 0.29) is 6.09 Å². The quantitative estimate of drug-likeness (QED) is 0.617. The van der Waals surface area contributed by atoms with Gasteiger partial charge in [0, 0.05) is 17.1 Å². The zero-order valence-corrected chi connectivity index (χ0v) is 15.5. The fraction of sp³-hybridized carbons (Fsp3) is 0.227. The molecule has 0 atom stereocenters. The van der Waals surface area contributed by atoms with Gasteiger partial charge in [-0.2, -0.15) is 0 Å². The Balaban J connectivity index is 1.95. The standard InChI is InChI=1S/C22H23NO3/c1-22(2,3)26-21(24)23-15-17(19-7-5-6-8-20(19)23)12-9-16-10-13-18(25-4)14-11-16/h5-15H,1-4H3/b12-9+. The Bertz CT molecular complexity index is 944. The number of carbonyl (C=O) groups is 1. The van der Waals surface area contributed by atoms with Crippen molar-refractivity contribution in [2.24, 2.45) is 0 Å². The number of nitrogens with zero attached hydrogens (tertiary/aromatic N) is 1. The molecular formula is C22H23NO3. The topological polar surface area (TPSA) is 40.5 Å². The summed E-state index contributed by atoms with van der Waals surface area (Å²) in [5.41, 5.74) is 2.31. The molecule has 0 bridgehead atoms. The third-order valence-electron chi connectivity index (χ3n) is 3.90. The number of hydrogen-bond donors (Lipinski definition) is 0. The van der Waals surface area contributed by atoms with E-state index in [0.717, 1.165) is 27.8 Å². The van der Waals surface area contributed by atoms with Crippen LogP contribution < -0.4 is 4.74 Å². The highest BCUT2D eigenvalue weighted by Crippen LogP contribution is 2.25. The Morgan fingerprint density at radius 1 is 1.00 bits per heavy atom. The lowest BCUT2D eigenvalue weighted by atomic mass is 10.1. The Hall–Kier alpha value is -3.01. The van der Waals surface area contributed by atoms with Crippen molar-refractivity contribution in [3.8, 4) is 5.75 Å². The van der Waals surface area contributed by atoms with Crippen LogP contribution in [-0.2, 0) is 4.74 Å². The molecule has 1 aromatic heterocycles. The summed E-state index contributed by atoms with van der Waals surface area (Å²) < 4.78 is 12.3. The summed E-state index contributed by atoms with van der Waals surface area (Å²) in [6.45, 7) is 5.59. The second-order valence-electron chi connectivity index (χ2n) is 7.06. The van der Waals surface area contributed by atoms with Gasteiger partial charge in [-0.3, -0.25) is 4.57 Å². The number of hydrogen-bond acceptors (Lipinski definition) is 3. The molecule has 4 nitrogen and oxygen atoms in total. The minimum absolute atomic E-state index is 0.377. The van der Waals surface area contributed by atoms with Gasteiger partial charge in [0.05, 0.1) is 12.6 Å². The highest BCUT2D eigenvalue weighted by molar-refractivity contribution is 5.97. The molecule has 0 saturated carbocycles. The molecule has 4 heteroatoms. The number of para-hydroxylation sites is 1. The number of rotatable bonds is 3. The minimum Gasteiger partial charge on any atom is -0.497 e. The van der Waals surface area contributed by atoms with Crippen LogP contribution in [0.4, 0.5) is 4.79 Å². The molecule has 134 valence electrons. The number of benzene rings is 2. The predicted octanol–water partition coefficient (Wildman–Crippen LogP) is 5.60. The van der Waals surface area contributed by atoms with Gasteiger partial charge in [-0.1, -0.05) is 42.5 Å². The van der Waals surface area contributed by atoms with Gasteiger partial charge in [0.1, 0.15) is 11.4 Å². The smallest absolute Gasteiger partial charge is 0.419 e. The number of fused-ring (bicyclic) bond motifs is 1. The van der Waals surface area contributed by atoms with E-state index >= 15 is 0 Å². The first kappa shape index (κ1) is 17.8. The van der Waals surface area contributed by atoms with Gasteiger partial charge in [-0.25, -0.2) is 4.79 Å². The third-order valence-corrected chi connectivity index (χ3v) is 3.90. The predicted molar refractivity (Wildman–Crippen MR) is 105 cm³/mol. The monoisotopic (exact) mass is 349 g/mol. The van der Waals surface area contributed by atoms with Gasteiger partial charge in [-0.15, -0.1) is 0 Å². The van der Waals surface area contributed by atoms with Crippen LogP contribution in [0.5, 0.6) is 5.75 Å². The van der Waals surface area contributed by atoms with Crippen molar-refractivity contribution >= 4 is 29.1 Å². The Kier molecular flexibility index (Phi) is 4.85. The van der Waals surface area contributed by atoms with Gasteiger partial charge >= 0.3 is 6.09 Å². The van der Waals surface area contributed by atoms with E-state index in [2.05, 4.69) is 0 Å². The van der Waals surface area contributed by atoms with Crippen LogP contribution in [0.25, 0.3) is 23.1 Å². The molecule has 1 heterocycles. The van der Waals surface area contributed by atoms with E-state index in [0.29, 0.717) is 0 Å². The lowest BCUT2D eigenvalue weighted by Gasteiger charge is -2.19. The number of carbonyl (C=O) groups excluding carboxylic acids is 1. The summed E-state index contributed by atoms with van der Waals surface area (Å²) >= 11 is 0. The maximum absolute atomic E-state index is 12.5. The zero-order chi connectivity index (χ0) is 18.7. The molecule has 0 unspecified atom stereocenters. The summed E-state index contributed by atoms with van der Waals surface area (Å²) in [5.74, 6) is 0.823. The molecule has 0 radical (unpaired) electrons. The molecule has 0 aliphatic rings. The second-order valence-corrected chi connectivity index (χ2v) is 7.06. The molecule has 0 saturated heterocycles. The molecule has 0 fully saturated rings. The zero-order valence-electron chi connectivity index (χ0n) is 15.5. The van der Waals surface area contributed by atoms with E-state index in [1.807, 2.05) is 87.7 Å². The van der Waals surface area contributed by atoms with Crippen LogP contribution >= 0.6 is 0 Å². The van der Waals surface area contributed by atoms with E-state index in [4.69, 9.17) is 9.47 Å². The average molecular weight is 349 g/mol. The summed E-state index contributed by atoms with van der Waals surface area (Å²) in [7, 11) is 1.65. The molecule has 0 amide bonds. The molecular weight excluding hydrogens is 326 g/mol. The van der Waals surface area contributed by atoms with Crippen molar-refractivity contribution in [2.45, 2.75) is 26.4 Å². The first-order chi connectivity index (χ1) is 12.4. The van der Waals surface area contributed by atoms with Crippen LogP contribution in [0.2, 0.25) is 0 Å². The first-order valence-corrected chi connectivity index (χ1v) is 8.53. The van der Waals surface area contributed by atoms with Crippen LogP contribution in [0.15, 0.2) is 54.7 Å². The molecule has 26 heavy (non-hydrogen) atoms. The maximum atomic E-state index is 12.5. The van der Waals surface area contributed by atoms with E-state index in [1.165, 1.54) is 0 Å². The normalized spacial score (nSPS) is 11.8. The van der Waals surface area contributed by atoms with Gasteiger partial charge in [0.25, 0.3) is 0 Å². The fourth-order valence-corrected chi connectivity index (χ4v) is 2.70. The Morgan fingerprint density at radius 3 is 2.35 bits per heavy atom. The van der Waals surface area contributed by atoms with E-state index in [1.54, 1.807) is 11.7 Å². The molecule has 0 aliphatic heterocycles. The van der Waals surface area contributed by atoms with E-state index < -0.39 is 5.60 Å². The van der Waals surface area contributed by atoms with Crippen molar-refractivity contribution in [1.29, 1.82) is 0 Å². The van der Waals surface area contributed by atoms with Crippen molar-refractivity contribution < 1.29 is 14.3 Å². The van der Waals surface area contributed by atoms with Gasteiger partial charge in [-0.05, 0) is 44.5 Å². The van der Waals surface area contributed by atoms with Crippen molar-refractivity contribution in [3.63, 3.8) is 0 Å². The van der Waals surface area contributed by atoms with Crippen molar-refractivity contribution in [2.75, 3.05) is 7.11 Å². The van der Waals surface area contributed by atoms with Crippen LogP contribution in [0.3, 0.4) is 0 Å². The van der Waals surface area contributed by atoms with E-state index in [9.17, 15) is 4.79 Å². The van der Waals surface area contributed by atoms with Crippen LogP contribution in [-0.4, -0.2) is 23.4 Å². The minimum atomic E-state index is -0.540. The summed E-state index contributed by atoms with van der Waals surface area (Å²) in [6.07, 6.45) is 5.46. The van der Waals surface area contributed by atoms with Crippen LogP contribution in [0.1, 0.15) is 31.9 Å². The lowest BCUT2D eigenvalue weighted by molar-refractivity contribution is 0.0544. The lowest BCUT2D eigenvalue weighted by Crippen LogP contribution is -2.26. The molecule has 3 rings (SSSR count). The van der Waals surface area contributed by atoms with Gasteiger partial charge in [0.2, 0.25) is 0 Å². The summed E-state index contributed by atoms with van der Waals surface area (Å²) in [4.78, 5) is 12.5. The summed E-state index contributed by atoms with van der Waals surface area (Å²) in [5, 5.41) is 1.00. The van der Waals surface area contributed by atoms with Crippen molar-refractivity contribution in [3.05, 3.63) is 65.9 Å². The largest absolute Gasteiger partial charge is 0.497 e. The van der Waals surface area contributed by atoms with Gasteiger partial charge in [0.15, 0.2) is 0 Å². The fourth-order valence-electron chi connectivity index (χ4n) is 2.70. The number of methoxy groups -OCH3 is 1. The first-order valence-electron chi connectivity index (χ1n) is 8.53. The second kappa shape index (κ2) is 7.08. The number of aromatic nitrogens is 1. The Labute approximate surface area is 153 Å². The summed E-state index contributed by atoms with van der Waals surface area (Å²) in [6, 6.07) is 15.6. The SMILES string of the molecule is COc1ccc(/C=C/c2cn(C(=O)OC(C)(C)C)c3ccccc23)cc1. The molecule has 0 aliphatic carbocycles. The van der Waals surface area contributed by atoms with Gasteiger partial charge < -0.3 is 9.47 Å². The third kappa shape index (κ3) is 3.97. The molecule has 0 N–H and O–H groups in total. The van der Waals surface area contributed by atoms with Crippen LogP contribution in [0, 0.1) is 0 Å². The number of ether oxygens (including phenoxy) is 2. The van der Waals surface area contributed by atoms with Crippen molar-refractivity contribution in [1.82, 2.24) is 4.57 Å². The molecule has 0 spiro atoms. The molecule has 3 aromatic rings.